The monoisotopic (exact) mass is 340 g/mol. The van der Waals surface area contributed by atoms with Gasteiger partial charge in [-0.1, -0.05) is 32.0 Å². The molecule has 1 N–H and O–H groups in total. The van der Waals surface area contributed by atoms with Crippen molar-refractivity contribution in [3.8, 4) is 11.5 Å². The van der Waals surface area contributed by atoms with E-state index in [-0.39, 0.29) is 12.5 Å². The highest BCUT2D eigenvalue weighted by molar-refractivity contribution is 5.76. The average molecular weight is 340 g/mol. The molecule has 5 heteroatoms. The highest BCUT2D eigenvalue weighted by Crippen LogP contribution is 2.23. The zero-order valence-corrected chi connectivity index (χ0v) is 14.8. The summed E-state index contributed by atoms with van der Waals surface area (Å²) in [6.07, 6.45) is -0.638. The molecule has 25 heavy (non-hydrogen) atoms. The molecule has 1 atom stereocenters. The number of benzene rings is 2. The van der Waals surface area contributed by atoms with E-state index in [9.17, 15) is 5.11 Å². The molecule has 1 aromatic heterocycles. The zero-order valence-electron chi connectivity index (χ0n) is 14.8. The number of aromatic nitrogens is 2. The Bertz CT molecular complexity index is 842. The molecule has 0 radical (unpaired) electrons. The van der Waals surface area contributed by atoms with Gasteiger partial charge >= 0.3 is 0 Å². The molecule has 3 rings (SSSR count). The minimum absolute atomic E-state index is 0.206. The second-order valence-electron chi connectivity index (χ2n) is 6.37. The maximum absolute atomic E-state index is 10.5. The number of methoxy groups -OCH3 is 1. The van der Waals surface area contributed by atoms with Crippen LogP contribution in [0.25, 0.3) is 11.0 Å². The molecule has 0 saturated heterocycles. The van der Waals surface area contributed by atoms with E-state index >= 15 is 0 Å². The number of nitrogens with zero attached hydrogens (tertiary/aromatic N) is 2. The van der Waals surface area contributed by atoms with Crippen LogP contribution in [0.5, 0.6) is 11.5 Å². The summed E-state index contributed by atoms with van der Waals surface area (Å²) in [5.74, 6) is 2.66. The summed E-state index contributed by atoms with van der Waals surface area (Å²) in [4.78, 5) is 4.70. The Morgan fingerprint density at radius 1 is 1.08 bits per heavy atom. The average Bonchev–Trinajstić information content (AvgIpc) is 2.99. The van der Waals surface area contributed by atoms with Crippen molar-refractivity contribution in [1.82, 2.24) is 9.55 Å². The number of rotatable bonds is 7. The van der Waals surface area contributed by atoms with E-state index in [1.807, 2.05) is 42.5 Å². The van der Waals surface area contributed by atoms with Crippen molar-refractivity contribution in [2.45, 2.75) is 32.4 Å². The smallest absolute Gasteiger partial charge is 0.123 e. The molecule has 0 aliphatic carbocycles. The molecule has 0 amide bonds. The second-order valence-corrected chi connectivity index (χ2v) is 6.37. The van der Waals surface area contributed by atoms with Gasteiger partial charge in [0.15, 0.2) is 0 Å². The van der Waals surface area contributed by atoms with Crippen LogP contribution in [-0.4, -0.2) is 34.5 Å². The van der Waals surface area contributed by atoms with Crippen molar-refractivity contribution < 1.29 is 14.6 Å². The van der Waals surface area contributed by atoms with Gasteiger partial charge in [-0.15, -0.1) is 0 Å². The summed E-state index contributed by atoms with van der Waals surface area (Å²) in [6, 6.07) is 15.4. The van der Waals surface area contributed by atoms with Gasteiger partial charge in [0.25, 0.3) is 0 Å². The van der Waals surface area contributed by atoms with E-state index in [1.165, 1.54) is 0 Å². The first kappa shape index (κ1) is 17.3. The first-order valence-corrected chi connectivity index (χ1v) is 8.48. The zero-order chi connectivity index (χ0) is 17.8. The quantitative estimate of drug-likeness (QED) is 0.714. The van der Waals surface area contributed by atoms with Crippen molar-refractivity contribution in [2.24, 2.45) is 0 Å². The van der Waals surface area contributed by atoms with Gasteiger partial charge in [0.2, 0.25) is 0 Å². The third kappa shape index (κ3) is 3.94. The van der Waals surface area contributed by atoms with Gasteiger partial charge in [0.1, 0.15) is 30.0 Å². The van der Waals surface area contributed by atoms with E-state index in [2.05, 4.69) is 18.4 Å². The van der Waals surface area contributed by atoms with Gasteiger partial charge in [0.05, 0.1) is 24.7 Å². The Labute approximate surface area is 147 Å². The van der Waals surface area contributed by atoms with Crippen LogP contribution >= 0.6 is 0 Å². The van der Waals surface area contributed by atoms with Crippen LogP contribution in [0.3, 0.4) is 0 Å². The fourth-order valence-electron chi connectivity index (χ4n) is 2.87. The number of ether oxygens (including phenoxy) is 2. The van der Waals surface area contributed by atoms with Gasteiger partial charge in [-0.25, -0.2) is 4.98 Å². The number of hydrogen-bond acceptors (Lipinski definition) is 4. The highest BCUT2D eigenvalue weighted by Gasteiger charge is 2.16. The molecule has 132 valence electrons. The Kier molecular flexibility index (Phi) is 5.24. The molecule has 1 heterocycles. The van der Waals surface area contributed by atoms with Crippen LogP contribution in [-0.2, 0) is 6.54 Å². The van der Waals surface area contributed by atoms with Gasteiger partial charge < -0.3 is 19.1 Å². The first-order chi connectivity index (χ1) is 12.1. The van der Waals surface area contributed by atoms with Crippen LogP contribution in [0.2, 0.25) is 0 Å². The van der Waals surface area contributed by atoms with Crippen molar-refractivity contribution >= 4 is 11.0 Å². The lowest BCUT2D eigenvalue weighted by Gasteiger charge is -2.17. The standard InChI is InChI=1S/C20H24N2O3/c1-14(2)20-21-18-9-4-5-10-19(18)22(20)12-15(23)13-25-17-8-6-7-16(11-17)24-3/h4-11,14-15,23H,12-13H2,1-3H3. The molecular weight excluding hydrogens is 316 g/mol. The minimum Gasteiger partial charge on any atom is -0.497 e. The number of fused-ring (bicyclic) bond motifs is 1. The summed E-state index contributed by atoms with van der Waals surface area (Å²) in [5.41, 5.74) is 1.98. The maximum atomic E-state index is 10.5. The Balaban J connectivity index is 1.73. The Morgan fingerprint density at radius 2 is 1.84 bits per heavy atom. The molecule has 0 spiro atoms. The normalized spacial score (nSPS) is 12.5. The number of para-hydroxylation sites is 2. The predicted molar refractivity (Wildman–Crippen MR) is 98.3 cm³/mol. The Hall–Kier alpha value is -2.53. The van der Waals surface area contributed by atoms with Gasteiger partial charge in [-0.3, -0.25) is 0 Å². The van der Waals surface area contributed by atoms with Crippen LogP contribution < -0.4 is 9.47 Å². The minimum atomic E-state index is -0.638. The topological polar surface area (TPSA) is 56.5 Å². The summed E-state index contributed by atoms with van der Waals surface area (Å²) in [6.45, 7) is 4.86. The van der Waals surface area contributed by atoms with Crippen molar-refractivity contribution in [3.05, 3.63) is 54.4 Å². The molecule has 1 unspecified atom stereocenters. The largest absolute Gasteiger partial charge is 0.497 e. The van der Waals surface area contributed by atoms with Gasteiger partial charge in [-0.2, -0.15) is 0 Å². The molecule has 2 aromatic carbocycles. The van der Waals surface area contributed by atoms with E-state index in [0.29, 0.717) is 12.3 Å². The number of imidazole rings is 1. The van der Waals surface area contributed by atoms with Crippen LogP contribution in [0.4, 0.5) is 0 Å². The molecule has 0 fully saturated rings. The molecule has 5 nitrogen and oxygen atoms in total. The lowest BCUT2D eigenvalue weighted by atomic mass is 10.2. The lowest BCUT2D eigenvalue weighted by Crippen LogP contribution is -2.24. The van der Waals surface area contributed by atoms with Crippen molar-refractivity contribution in [2.75, 3.05) is 13.7 Å². The molecule has 0 aliphatic heterocycles. The Morgan fingerprint density at radius 3 is 2.60 bits per heavy atom. The lowest BCUT2D eigenvalue weighted by molar-refractivity contribution is 0.0924. The fraction of sp³-hybridized carbons (Fsp3) is 0.350. The second kappa shape index (κ2) is 7.57. The molecule has 3 aromatic rings. The summed E-state index contributed by atoms with van der Waals surface area (Å²) in [7, 11) is 1.62. The van der Waals surface area contributed by atoms with E-state index in [1.54, 1.807) is 13.2 Å². The van der Waals surface area contributed by atoms with Crippen LogP contribution in [0.1, 0.15) is 25.6 Å². The number of aliphatic hydroxyl groups is 1. The van der Waals surface area contributed by atoms with Crippen molar-refractivity contribution in [3.63, 3.8) is 0 Å². The van der Waals surface area contributed by atoms with E-state index in [0.717, 1.165) is 22.6 Å². The van der Waals surface area contributed by atoms with E-state index < -0.39 is 6.10 Å². The maximum Gasteiger partial charge on any atom is 0.123 e. The van der Waals surface area contributed by atoms with Crippen molar-refractivity contribution in [1.29, 1.82) is 0 Å². The van der Waals surface area contributed by atoms with Gasteiger partial charge in [-0.05, 0) is 24.3 Å². The summed E-state index contributed by atoms with van der Waals surface area (Å²) >= 11 is 0. The third-order valence-corrected chi connectivity index (χ3v) is 4.08. The highest BCUT2D eigenvalue weighted by atomic mass is 16.5. The first-order valence-electron chi connectivity index (χ1n) is 8.48. The predicted octanol–water partition coefficient (Wildman–Crippen LogP) is 3.61. The SMILES string of the molecule is COc1cccc(OCC(O)Cn2c(C(C)C)nc3ccccc32)c1. The summed E-state index contributed by atoms with van der Waals surface area (Å²) < 4.78 is 13.0. The third-order valence-electron chi connectivity index (χ3n) is 4.08. The van der Waals surface area contributed by atoms with Gasteiger partial charge in [0, 0.05) is 12.0 Å². The molecule has 0 aliphatic rings. The molecular formula is C20H24N2O3. The molecule has 0 bridgehead atoms. The van der Waals surface area contributed by atoms with Crippen LogP contribution in [0.15, 0.2) is 48.5 Å². The molecule has 0 saturated carbocycles. The van der Waals surface area contributed by atoms with Crippen LogP contribution in [0, 0.1) is 0 Å². The number of aliphatic hydroxyl groups excluding tert-OH is 1. The fourth-order valence-corrected chi connectivity index (χ4v) is 2.87. The summed E-state index contributed by atoms with van der Waals surface area (Å²) in [5, 5.41) is 10.5. The van der Waals surface area contributed by atoms with E-state index in [4.69, 9.17) is 14.5 Å². The number of hydrogen-bond donors (Lipinski definition) is 1.